The van der Waals surface area contributed by atoms with Crippen LogP contribution in [0.4, 0.5) is 0 Å². The molecule has 0 amide bonds. The lowest BCUT2D eigenvalue weighted by molar-refractivity contribution is 0.0885. The van der Waals surface area contributed by atoms with Crippen molar-refractivity contribution in [2.24, 2.45) is 11.8 Å². The minimum atomic E-state index is -2.79. The highest BCUT2D eigenvalue weighted by Gasteiger charge is 2.34. The van der Waals surface area contributed by atoms with Crippen molar-refractivity contribution in [1.29, 1.82) is 0 Å². The van der Waals surface area contributed by atoms with Gasteiger partial charge in [-0.2, -0.15) is 0 Å². The molecule has 124 valence electrons. The molecule has 2 aliphatic rings. The number of ether oxygens (including phenoxy) is 2. The molecule has 0 aromatic carbocycles. The predicted molar refractivity (Wildman–Crippen MR) is 83.2 cm³/mol. The fraction of sp³-hybridized carbons (Fsp3) is 1.00. The van der Waals surface area contributed by atoms with Crippen molar-refractivity contribution < 1.29 is 17.9 Å². The third-order valence-electron chi connectivity index (χ3n) is 4.45. The third-order valence-corrected chi connectivity index (χ3v) is 6.24. The maximum absolute atomic E-state index is 11.7. The number of nitrogens with one attached hydrogen (secondary N) is 1. The van der Waals surface area contributed by atoms with Crippen molar-refractivity contribution in [3.05, 3.63) is 0 Å². The summed E-state index contributed by atoms with van der Waals surface area (Å²) in [5, 5.41) is 3.55. The van der Waals surface area contributed by atoms with Crippen LogP contribution in [0.1, 0.15) is 32.1 Å². The normalized spacial score (nSPS) is 26.0. The highest BCUT2D eigenvalue weighted by molar-refractivity contribution is 7.91. The van der Waals surface area contributed by atoms with Gasteiger partial charge in [-0.1, -0.05) is 0 Å². The van der Waals surface area contributed by atoms with E-state index in [1.165, 1.54) is 12.8 Å². The Morgan fingerprint density at radius 3 is 2.62 bits per heavy atom. The molecule has 2 rings (SSSR count). The van der Waals surface area contributed by atoms with Gasteiger partial charge in [0.05, 0.1) is 11.5 Å². The van der Waals surface area contributed by atoms with E-state index in [4.69, 9.17) is 9.47 Å². The van der Waals surface area contributed by atoms with E-state index in [9.17, 15) is 8.42 Å². The Morgan fingerprint density at radius 2 is 2.00 bits per heavy atom. The predicted octanol–water partition coefficient (Wildman–Crippen LogP) is 1.23. The second-order valence-electron chi connectivity index (χ2n) is 6.35. The number of hydrogen-bond acceptors (Lipinski definition) is 5. The first kappa shape index (κ1) is 17.2. The lowest BCUT2D eigenvalue weighted by Crippen LogP contribution is -2.31. The van der Waals surface area contributed by atoms with Crippen LogP contribution in [0.15, 0.2) is 0 Å². The standard InChI is InChI=1S/C15H29NO4S/c1-19-7-2-8-20-9-5-13(11-16-15-3-4-15)14-6-10-21(17,18)12-14/h13-16H,2-12H2,1H3. The molecule has 1 saturated heterocycles. The zero-order valence-corrected chi connectivity index (χ0v) is 13.9. The molecule has 1 heterocycles. The summed E-state index contributed by atoms with van der Waals surface area (Å²) in [5.41, 5.74) is 0. The summed E-state index contributed by atoms with van der Waals surface area (Å²) < 4.78 is 34.0. The van der Waals surface area contributed by atoms with Gasteiger partial charge < -0.3 is 14.8 Å². The molecule has 5 nitrogen and oxygen atoms in total. The molecule has 6 heteroatoms. The molecule has 1 aliphatic heterocycles. The van der Waals surface area contributed by atoms with Gasteiger partial charge >= 0.3 is 0 Å². The summed E-state index contributed by atoms with van der Waals surface area (Å²) in [7, 11) is -1.10. The molecular formula is C15H29NO4S. The monoisotopic (exact) mass is 319 g/mol. The average Bonchev–Trinajstić information content (AvgIpc) is 3.20. The quantitative estimate of drug-likeness (QED) is 0.580. The third kappa shape index (κ3) is 6.63. The summed E-state index contributed by atoms with van der Waals surface area (Å²) in [6, 6.07) is 0.674. The fourth-order valence-corrected chi connectivity index (χ4v) is 4.87. The second kappa shape index (κ2) is 8.46. The molecule has 2 unspecified atom stereocenters. The Balaban J connectivity index is 1.70. The van der Waals surface area contributed by atoms with Gasteiger partial charge in [0.2, 0.25) is 0 Å². The van der Waals surface area contributed by atoms with E-state index < -0.39 is 9.84 Å². The maximum atomic E-state index is 11.7. The van der Waals surface area contributed by atoms with Gasteiger partial charge in [0, 0.05) is 33.0 Å². The van der Waals surface area contributed by atoms with Gasteiger partial charge in [0.1, 0.15) is 0 Å². The summed E-state index contributed by atoms with van der Waals surface area (Å²) >= 11 is 0. The molecule has 0 aromatic heterocycles. The van der Waals surface area contributed by atoms with E-state index in [1.807, 2.05) is 0 Å². The van der Waals surface area contributed by atoms with E-state index in [1.54, 1.807) is 7.11 Å². The van der Waals surface area contributed by atoms with Crippen molar-refractivity contribution in [3.8, 4) is 0 Å². The first-order chi connectivity index (χ1) is 10.1. The second-order valence-corrected chi connectivity index (χ2v) is 8.58. The van der Waals surface area contributed by atoms with E-state index in [0.717, 1.165) is 45.6 Å². The zero-order chi connectivity index (χ0) is 15.1. The number of hydrogen-bond donors (Lipinski definition) is 1. The zero-order valence-electron chi connectivity index (χ0n) is 13.1. The molecule has 0 bridgehead atoms. The largest absolute Gasteiger partial charge is 0.385 e. The highest BCUT2D eigenvalue weighted by atomic mass is 32.2. The van der Waals surface area contributed by atoms with Crippen molar-refractivity contribution in [3.63, 3.8) is 0 Å². The van der Waals surface area contributed by atoms with Gasteiger partial charge in [-0.3, -0.25) is 0 Å². The van der Waals surface area contributed by atoms with Crippen LogP contribution < -0.4 is 5.32 Å². The number of rotatable bonds is 11. The molecule has 2 fully saturated rings. The Hall–Kier alpha value is -0.170. The van der Waals surface area contributed by atoms with E-state index >= 15 is 0 Å². The molecule has 2 atom stereocenters. The molecule has 0 radical (unpaired) electrons. The Bertz CT molecular complexity index is 394. The van der Waals surface area contributed by atoms with Crippen LogP contribution in [0.25, 0.3) is 0 Å². The molecule has 1 saturated carbocycles. The minimum Gasteiger partial charge on any atom is -0.385 e. The highest BCUT2D eigenvalue weighted by Crippen LogP contribution is 2.29. The average molecular weight is 319 g/mol. The summed E-state index contributed by atoms with van der Waals surface area (Å²) in [6.45, 7) is 3.11. The molecule has 0 spiro atoms. The van der Waals surface area contributed by atoms with Crippen molar-refractivity contribution in [2.75, 3.05) is 45.0 Å². The Morgan fingerprint density at radius 1 is 1.19 bits per heavy atom. The molecule has 1 N–H and O–H groups in total. The van der Waals surface area contributed by atoms with E-state index in [-0.39, 0.29) is 0 Å². The molecule has 1 aliphatic carbocycles. The van der Waals surface area contributed by atoms with Crippen LogP contribution >= 0.6 is 0 Å². The van der Waals surface area contributed by atoms with E-state index in [0.29, 0.717) is 29.4 Å². The van der Waals surface area contributed by atoms with Crippen LogP contribution in [-0.4, -0.2) is 59.4 Å². The maximum Gasteiger partial charge on any atom is 0.150 e. The summed E-state index contributed by atoms with van der Waals surface area (Å²) in [6.07, 6.45) is 5.22. The summed E-state index contributed by atoms with van der Waals surface area (Å²) in [4.78, 5) is 0. The van der Waals surface area contributed by atoms with Crippen molar-refractivity contribution in [1.82, 2.24) is 5.32 Å². The number of sulfone groups is 1. The van der Waals surface area contributed by atoms with Crippen molar-refractivity contribution in [2.45, 2.75) is 38.1 Å². The first-order valence-corrected chi connectivity index (χ1v) is 9.93. The van der Waals surface area contributed by atoms with Gasteiger partial charge in [-0.15, -0.1) is 0 Å². The minimum absolute atomic E-state index is 0.309. The smallest absolute Gasteiger partial charge is 0.150 e. The first-order valence-electron chi connectivity index (χ1n) is 8.11. The SMILES string of the molecule is COCCCOCCC(CNC1CC1)C1CCS(=O)(=O)C1. The van der Waals surface area contributed by atoms with Gasteiger partial charge in [0.15, 0.2) is 9.84 Å². The molecule has 0 aromatic rings. The topological polar surface area (TPSA) is 64.6 Å². The van der Waals surface area contributed by atoms with Crippen LogP contribution in [0.3, 0.4) is 0 Å². The molecule has 21 heavy (non-hydrogen) atoms. The van der Waals surface area contributed by atoms with Crippen LogP contribution in [0, 0.1) is 11.8 Å². The van der Waals surface area contributed by atoms with Gasteiger partial charge in [-0.25, -0.2) is 8.42 Å². The Labute approximate surface area is 128 Å². The van der Waals surface area contributed by atoms with Crippen LogP contribution in [-0.2, 0) is 19.3 Å². The lowest BCUT2D eigenvalue weighted by atomic mass is 9.89. The molecular weight excluding hydrogens is 290 g/mol. The van der Waals surface area contributed by atoms with Crippen molar-refractivity contribution >= 4 is 9.84 Å². The Kier molecular flexibility index (Phi) is 6.92. The van der Waals surface area contributed by atoms with Crippen LogP contribution in [0.5, 0.6) is 0 Å². The van der Waals surface area contributed by atoms with E-state index in [2.05, 4.69) is 5.32 Å². The summed E-state index contributed by atoms with van der Waals surface area (Å²) in [5.74, 6) is 1.47. The van der Waals surface area contributed by atoms with Crippen LogP contribution in [0.2, 0.25) is 0 Å². The fourth-order valence-electron chi connectivity index (χ4n) is 2.95. The van der Waals surface area contributed by atoms with Gasteiger partial charge in [0.25, 0.3) is 0 Å². The number of methoxy groups -OCH3 is 1. The van der Waals surface area contributed by atoms with Gasteiger partial charge in [-0.05, 0) is 50.5 Å². The lowest BCUT2D eigenvalue weighted by Gasteiger charge is -2.23.